The van der Waals surface area contributed by atoms with E-state index in [9.17, 15) is 21.9 Å². The van der Waals surface area contributed by atoms with E-state index in [1.54, 1.807) is 0 Å². The van der Waals surface area contributed by atoms with Gasteiger partial charge in [-0.05, 0) is 48.5 Å². The highest BCUT2D eigenvalue weighted by molar-refractivity contribution is 7.89. The van der Waals surface area contributed by atoms with E-state index in [-0.39, 0.29) is 47.5 Å². The van der Waals surface area contributed by atoms with Crippen LogP contribution >= 0.6 is 11.6 Å². The van der Waals surface area contributed by atoms with Crippen molar-refractivity contribution >= 4 is 48.9 Å². The summed E-state index contributed by atoms with van der Waals surface area (Å²) in [5.41, 5.74) is 6.05. The summed E-state index contributed by atoms with van der Waals surface area (Å²) in [7, 11) is -7.72. The van der Waals surface area contributed by atoms with E-state index >= 15 is 0 Å². The first-order valence-electron chi connectivity index (χ1n) is 10.8. The third-order valence-electron chi connectivity index (χ3n) is 5.38. The molecule has 0 spiro atoms. The van der Waals surface area contributed by atoms with Gasteiger partial charge in [0.05, 0.1) is 34.8 Å². The Labute approximate surface area is 219 Å². The zero-order chi connectivity index (χ0) is 27.4. The van der Waals surface area contributed by atoms with Crippen LogP contribution in [0.2, 0.25) is 0 Å². The number of hydrogen-bond acceptors (Lipinski definition) is 10. The number of hydrogen-bond donors (Lipinski definition) is 7. The Kier molecular flexibility index (Phi) is 9.14. The highest BCUT2D eigenvalue weighted by Gasteiger charge is 2.40. The molecule has 0 aliphatic carbocycles. The Morgan fingerprint density at radius 1 is 0.892 bits per heavy atom. The molecule has 1 heterocycles. The highest BCUT2D eigenvalue weighted by atomic mass is 35.5. The lowest BCUT2D eigenvalue weighted by atomic mass is 10.1. The molecule has 0 radical (unpaired) electrons. The minimum absolute atomic E-state index is 0.00834. The Hall–Kier alpha value is -2.76. The summed E-state index contributed by atoms with van der Waals surface area (Å²) >= 11 is 6.54. The third-order valence-corrected chi connectivity index (χ3v) is 8.78. The number of halogens is 1. The van der Waals surface area contributed by atoms with Crippen molar-refractivity contribution in [2.45, 2.75) is 21.6 Å². The number of amidine groups is 1. The van der Waals surface area contributed by atoms with E-state index in [2.05, 4.69) is 9.44 Å². The van der Waals surface area contributed by atoms with Gasteiger partial charge < -0.3 is 20.2 Å². The Morgan fingerprint density at radius 3 is 1.73 bits per heavy atom. The van der Waals surface area contributed by atoms with E-state index in [1.165, 1.54) is 58.3 Å². The number of nitrogens with one attached hydrogen (secondary N) is 3. The number of sulfonamides is 2. The molecule has 0 amide bonds. The molecular formula is C21H27ClN6O7S2. The molecule has 2 atom stereocenters. The highest BCUT2D eigenvalue weighted by Crippen LogP contribution is 2.35. The van der Waals surface area contributed by atoms with Crippen LogP contribution < -0.4 is 25.0 Å². The number of benzene rings is 2. The molecule has 2 aromatic carbocycles. The first kappa shape index (κ1) is 28.8. The average Bonchev–Trinajstić information content (AvgIpc) is 2.87. The van der Waals surface area contributed by atoms with Gasteiger partial charge in [-0.3, -0.25) is 16.0 Å². The molecule has 1 saturated heterocycles. The second kappa shape index (κ2) is 11.7. The fraction of sp³-hybridized carbons (Fsp3) is 0.286. The maximum Gasteiger partial charge on any atom is 0.240 e. The molecule has 2 aromatic rings. The van der Waals surface area contributed by atoms with Crippen molar-refractivity contribution in [3.63, 3.8) is 0 Å². The molecule has 3 rings (SSSR count). The number of anilines is 2. The van der Waals surface area contributed by atoms with E-state index in [0.717, 1.165) is 0 Å². The van der Waals surface area contributed by atoms with Gasteiger partial charge >= 0.3 is 0 Å². The monoisotopic (exact) mass is 574 g/mol. The quantitative estimate of drug-likeness (QED) is 0.113. The largest absolute Gasteiger partial charge is 0.515 e. The third kappa shape index (κ3) is 6.05. The van der Waals surface area contributed by atoms with Gasteiger partial charge in [0.1, 0.15) is 11.3 Å². The van der Waals surface area contributed by atoms with Crippen molar-refractivity contribution in [2.75, 3.05) is 36.1 Å². The predicted molar refractivity (Wildman–Crippen MR) is 138 cm³/mol. The smallest absolute Gasteiger partial charge is 0.240 e. The number of aliphatic hydroxyl groups is 3. The lowest BCUT2D eigenvalue weighted by molar-refractivity contribution is 0.300. The van der Waals surface area contributed by atoms with Crippen molar-refractivity contribution in [1.82, 2.24) is 9.44 Å². The summed E-state index contributed by atoms with van der Waals surface area (Å²) in [6.45, 7) is -1.03. The van der Waals surface area contributed by atoms with Gasteiger partial charge in [-0.2, -0.15) is 0 Å². The Balaban J connectivity index is 1.96. The maximum atomic E-state index is 12.3. The van der Waals surface area contributed by atoms with Crippen molar-refractivity contribution in [3.8, 4) is 0 Å². The van der Waals surface area contributed by atoms with Crippen LogP contribution in [0, 0.1) is 5.41 Å². The topological polar surface area (TPSA) is 209 Å². The van der Waals surface area contributed by atoms with E-state index < -0.39 is 31.8 Å². The second-order valence-corrected chi connectivity index (χ2v) is 11.6. The number of alkyl halides is 1. The predicted octanol–water partition coefficient (Wildman–Crippen LogP) is -0.219. The van der Waals surface area contributed by atoms with Gasteiger partial charge in [-0.25, -0.2) is 26.3 Å². The summed E-state index contributed by atoms with van der Waals surface area (Å²) in [4.78, 5) is 2.62. The summed E-state index contributed by atoms with van der Waals surface area (Å²) in [5.74, 6) is -0.229. The maximum absolute atomic E-state index is 12.3. The van der Waals surface area contributed by atoms with Gasteiger partial charge in [-0.15, -0.1) is 0 Å². The van der Waals surface area contributed by atoms with Crippen LogP contribution in [0.5, 0.6) is 0 Å². The van der Waals surface area contributed by atoms with Gasteiger partial charge in [-0.1, -0.05) is 11.6 Å². The Bertz CT molecular complexity index is 1350. The van der Waals surface area contributed by atoms with Crippen LogP contribution in [0.4, 0.5) is 11.4 Å². The second-order valence-electron chi connectivity index (χ2n) is 7.69. The summed E-state index contributed by atoms with van der Waals surface area (Å²) in [6.07, 6.45) is -0.440. The molecule has 0 saturated carbocycles. The minimum Gasteiger partial charge on any atom is -0.515 e. The lowest BCUT2D eigenvalue weighted by Crippen LogP contribution is -2.65. The van der Waals surface area contributed by atoms with E-state index in [0.29, 0.717) is 17.6 Å². The van der Waals surface area contributed by atoms with Gasteiger partial charge in [0.2, 0.25) is 20.0 Å². The van der Waals surface area contributed by atoms with Crippen molar-refractivity contribution in [3.05, 3.63) is 60.4 Å². The molecule has 0 aromatic heterocycles. The van der Waals surface area contributed by atoms with Crippen LogP contribution in [0.3, 0.4) is 0 Å². The van der Waals surface area contributed by atoms with Crippen LogP contribution in [0.15, 0.2) is 70.2 Å². The standard InChI is InChI=1S/C21H27ClN6O7S2/c22-19-18(13-31)20(23)28(15-3-7-17(8-4-15)37(34,35)26-10-12-30)21(24)27(19)14-1-5-16(6-2-14)36(32,33)25-9-11-29/h1-8,13,19,21,23,25-26,29-31H,9-12,24H2. The molecule has 2 unspecified atom stereocenters. The number of nitrogens with two attached hydrogens (primary N) is 1. The zero-order valence-corrected chi connectivity index (χ0v) is 21.7. The van der Waals surface area contributed by atoms with Crippen LogP contribution in [-0.2, 0) is 20.0 Å². The molecule has 13 nitrogen and oxygen atoms in total. The molecule has 1 aliphatic heterocycles. The first-order chi connectivity index (χ1) is 17.5. The minimum atomic E-state index is -3.86. The number of nitrogens with zero attached hydrogens (tertiary/aromatic N) is 2. The van der Waals surface area contributed by atoms with Gasteiger partial charge in [0, 0.05) is 24.5 Å². The van der Waals surface area contributed by atoms with Gasteiger partial charge in [0.15, 0.2) is 6.29 Å². The molecule has 8 N–H and O–H groups in total. The number of rotatable bonds is 10. The van der Waals surface area contributed by atoms with Gasteiger partial charge in [0.25, 0.3) is 0 Å². The Morgan fingerprint density at radius 2 is 1.32 bits per heavy atom. The van der Waals surface area contributed by atoms with Crippen molar-refractivity contribution < 1.29 is 32.2 Å². The lowest BCUT2D eigenvalue weighted by Gasteiger charge is -2.47. The fourth-order valence-electron chi connectivity index (χ4n) is 3.59. The van der Waals surface area contributed by atoms with E-state index in [4.69, 9.17) is 33.0 Å². The number of aliphatic hydroxyl groups excluding tert-OH is 3. The molecule has 202 valence electrons. The fourth-order valence-corrected chi connectivity index (χ4v) is 6.02. The molecule has 37 heavy (non-hydrogen) atoms. The molecule has 1 fully saturated rings. The van der Waals surface area contributed by atoms with E-state index in [1.807, 2.05) is 0 Å². The molecule has 16 heteroatoms. The van der Waals surface area contributed by atoms with Crippen molar-refractivity contribution in [2.24, 2.45) is 5.73 Å². The molecule has 0 bridgehead atoms. The SMILES string of the molecule is N=C1C(=CO)C(Cl)N(c2ccc(S(=O)(=O)NCCO)cc2)C(N)N1c1ccc(S(=O)(=O)NCCO)cc1. The van der Waals surface area contributed by atoms with Crippen molar-refractivity contribution in [1.29, 1.82) is 5.41 Å². The average molecular weight is 575 g/mol. The normalized spacial score (nSPS) is 20.0. The summed E-state index contributed by atoms with van der Waals surface area (Å²) < 4.78 is 53.7. The van der Waals surface area contributed by atoms with Crippen LogP contribution in [0.1, 0.15) is 0 Å². The molecular weight excluding hydrogens is 548 g/mol. The summed E-state index contributed by atoms with van der Waals surface area (Å²) in [5, 5.41) is 36.1. The zero-order valence-electron chi connectivity index (χ0n) is 19.3. The first-order valence-corrected chi connectivity index (χ1v) is 14.2. The van der Waals surface area contributed by atoms with Crippen LogP contribution in [-0.4, -0.2) is 76.1 Å². The summed E-state index contributed by atoms with van der Waals surface area (Å²) in [6, 6.07) is 11.0. The van der Waals surface area contributed by atoms with Crippen LogP contribution in [0.25, 0.3) is 0 Å². The molecule has 1 aliphatic rings.